The first kappa shape index (κ1) is 17.0. The quantitative estimate of drug-likeness (QED) is 0.632. The molecule has 4 rings (SSSR count). The Balaban J connectivity index is 1.42. The van der Waals surface area contributed by atoms with E-state index in [4.69, 9.17) is 11.6 Å². The van der Waals surface area contributed by atoms with Gasteiger partial charge in [-0.3, -0.25) is 4.84 Å². The SMILES string of the molecule is NOCC#Cc1cnc(N2CCC3(CC2)Cc2ccccc2[C@H]3N)cn1. The number of nitrogens with two attached hydrogens (primary N) is 2. The molecular weight excluding hydrogens is 326 g/mol. The zero-order chi connectivity index (χ0) is 18.0. The van der Waals surface area contributed by atoms with Crippen molar-refractivity contribution in [2.75, 3.05) is 24.6 Å². The highest BCUT2D eigenvalue weighted by atomic mass is 16.6. The van der Waals surface area contributed by atoms with Crippen molar-refractivity contribution in [2.24, 2.45) is 17.0 Å². The van der Waals surface area contributed by atoms with Gasteiger partial charge < -0.3 is 10.6 Å². The molecule has 0 saturated carbocycles. The lowest BCUT2D eigenvalue weighted by Gasteiger charge is -2.42. The molecule has 2 aliphatic rings. The highest BCUT2D eigenvalue weighted by Crippen LogP contribution is 2.50. The highest BCUT2D eigenvalue weighted by Gasteiger charge is 2.45. The first-order valence-electron chi connectivity index (χ1n) is 8.93. The van der Waals surface area contributed by atoms with Crippen LogP contribution in [0.5, 0.6) is 0 Å². The van der Waals surface area contributed by atoms with Gasteiger partial charge in [0.25, 0.3) is 0 Å². The van der Waals surface area contributed by atoms with Gasteiger partial charge in [0, 0.05) is 19.1 Å². The molecule has 2 aromatic rings. The summed E-state index contributed by atoms with van der Waals surface area (Å²) in [6.45, 7) is 2.07. The Morgan fingerprint density at radius 1 is 1.19 bits per heavy atom. The molecule has 0 radical (unpaired) electrons. The molecule has 1 fully saturated rings. The summed E-state index contributed by atoms with van der Waals surface area (Å²) in [6, 6.07) is 8.74. The number of fused-ring (bicyclic) bond motifs is 1. The minimum Gasteiger partial charge on any atom is -0.355 e. The maximum absolute atomic E-state index is 6.64. The van der Waals surface area contributed by atoms with Crippen molar-refractivity contribution in [1.29, 1.82) is 0 Å². The van der Waals surface area contributed by atoms with Crippen LogP contribution < -0.4 is 16.5 Å². The van der Waals surface area contributed by atoms with Crippen LogP contribution in [-0.4, -0.2) is 29.7 Å². The minimum absolute atomic E-state index is 0.134. The van der Waals surface area contributed by atoms with Gasteiger partial charge in [-0.15, -0.1) is 0 Å². The maximum atomic E-state index is 6.64. The second-order valence-electron chi connectivity index (χ2n) is 7.08. The van der Waals surface area contributed by atoms with E-state index in [2.05, 4.69) is 55.8 Å². The topological polar surface area (TPSA) is 90.3 Å². The zero-order valence-electron chi connectivity index (χ0n) is 14.7. The third kappa shape index (κ3) is 3.06. The second-order valence-corrected chi connectivity index (χ2v) is 7.08. The highest BCUT2D eigenvalue weighted by molar-refractivity contribution is 5.42. The Kier molecular flexibility index (Phi) is 4.60. The van der Waals surface area contributed by atoms with Gasteiger partial charge in [-0.05, 0) is 41.7 Å². The molecule has 1 atom stereocenters. The lowest BCUT2D eigenvalue weighted by atomic mass is 9.73. The minimum atomic E-state index is 0.134. The maximum Gasteiger partial charge on any atom is 0.147 e. The molecule has 1 aromatic heterocycles. The van der Waals surface area contributed by atoms with Gasteiger partial charge in [0.15, 0.2) is 0 Å². The number of hydrogen-bond donors (Lipinski definition) is 2. The first-order valence-corrected chi connectivity index (χ1v) is 8.93. The molecule has 2 heterocycles. The van der Waals surface area contributed by atoms with Crippen molar-refractivity contribution in [3.8, 4) is 11.8 Å². The molecule has 1 aromatic carbocycles. The van der Waals surface area contributed by atoms with Gasteiger partial charge in [0.05, 0.1) is 12.4 Å². The molecular formula is C20H23N5O. The molecule has 1 saturated heterocycles. The summed E-state index contributed by atoms with van der Waals surface area (Å²) in [4.78, 5) is 15.6. The molecule has 4 N–H and O–H groups in total. The van der Waals surface area contributed by atoms with Crippen LogP contribution in [0, 0.1) is 17.3 Å². The smallest absolute Gasteiger partial charge is 0.147 e. The van der Waals surface area contributed by atoms with Crippen LogP contribution in [0.25, 0.3) is 0 Å². The number of nitrogens with zero attached hydrogens (tertiary/aromatic N) is 3. The van der Waals surface area contributed by atoms with E-state index in [0.717, 1.165) is 38.2 Å². The molecule has 0 unspecified atom stereocenters. The van der Waals surface area contributed by atoms with Gasteiger partial charge >= 0.3 is 0 Å². The van der Waals surface area contributed by atoms with Crippen molar-refractivity contribution in [3.05, 3.63) is 53.5 Å². The molecule has 6 nitrogen and oxygen atoms in total. The largest absolute Gasteiger partial charge is 0.355 e. The third-order valence-electron chi connectivity index (χ3n) is 5.69. The van der Waals surface area contributed by atoms with Crippen LogP contribution in [0.2, 0.25) is 0 Å². The van der Waals surface area contributed by atoms with Gasteiger partial charge in [0.1, 0.15) is 18.1 Å². The van der Waals surface area contributed by atoms with Crippen LogP contribution >= 0.6 is 0 Å². The molecule has 0 amide bonds. The van der Waals surface area contributed by atoms with Crippen LogP contribution in [0.15, 0.2) is 36.7 Å². The summed E-state index contributed by atoms with van der Waals surface area (Å²) in [7, 11) is 0. The lowest BCUT2D eigenvalue weighted by molar-refractivity contribution is 0.173. The van der Waals surface area contributed by atoms with E-state index >= 15 is 0 Å². The van der Waals surface area contributed by atoms with E-state index in [-0.39, 0.29) is 18.1 Å². The van der Waals surface area contributed by atoms with Gasteiger partial charge in [-0.2, -0.15) is 0 Å². The summed E-state index contributed by atoms with van der Waals surface area (Å²) in [5.74, 6) is 11.5. The molecule has 1 aliphatic carbocycles. The third-order valence-corrected chi connectivity index (χ3v) is 5.69. The Labute approximate surface area is 153 Å². The van der Waals surface area contributed by atoms with E-state index in [1.807, 2.05) is 0 Å². The van der Waals surface area contributed by atoms with E-state index in [1.165, 1.54) is 11.1 Å². The molecule has 134 valence electrons. The first-order chi connectivity index (χ1) is 12.7. The summed E-state index contributed by atoms with van der Waals surface area (Å²) in [6.07, 6.45) is 6.70. The summed E-state index contributed by atoms with van der Waals surface area (Å²) in [5, 5.41) is 0. The average molecular weight is 349 g/mol. The zero-order valence-corrected chi connectivity index (χ0v) is 14.7. The van der Waals surface area contributed by atoms with Crippen molar-refractivity contribution in [3.63, 3.8) is 0 Å². The standard InChI is InChI=1S/C20H23N5O/c21-19-17-6-2-1-4-15(17)12-20(19)7-9-25(10-8-20)18-14-23-16(13-24-18)5-3-11-26-22/h1-2,4,6,13-14,19H,7-12,21-22H2/t19-/m1/s1. The number of rotatable bonds is 2. The van der Waals surface area contributed by atoms with Gasteiger partial charge in [-0.1, -0.05) is 30.2 Å². The van der Waals surface area contributed by atoms with E-state index < -0.39 is 0 Å². The fraction of sp³-hybridized carbons (Fsp3) is 0.400. The average Bonchev–Trinajstić information content (AvgIpc) is 2.95. The van der Waals surface area contributed by atoms with E-state index in [9.17, 15) is 0 Å². The summed E-state index contributed by atoms with van der Waals surface area (Å²) in [5.41, 5.74) is 10.2. The predicted molar refractivity (Wildman–Crippen MR) is 100 cm³/mol. The molecule has 6 heteroatoms. The normalized spacial score (nSPS) is 20.5. The fourth-order valence-electron chi connectivity index (χ4n) is 4.20. The Hall–Kier alpha value is -2.46. The number of benzene rings is 1. The van der Waals surface area contributed by atoms with Crippen LogP contribution in [0.4, 0.5) is 5.82 Å². The second kappa shape index (κ2) is 7.04. The Bertz CT molecular complexity index is 831. The van der Waals surface area contributed by atoms with Crippen LogP contribution in [0.1, 0.15) is 35.7 Å². The van der Waals surface area contributed by atoms with Crippen molar-refractivity contribution in [1.82, 2.24) is 9.97 Å². The number of aromatic nitrogens is 2. The predicted octanol–water partition coefficient (Wildman–Crippen LogP) is 1.56. The van der Waals surface area contributed by atoms with Crippen LogP contribution in [-0.2, 0) is 11.3 Å². The molecule has 26 heavy (non-hydrogen) atoms. The monoisotopic (exact) mass is 349 g/mol. The fourth-order valence-corrected chi connectivity index (χ4v) is 4.20. The van der Waals surface area contributed by atoms with Crippen molar-refractivity contribution < 1.29 is 4.84 Å². The Morgan fingerprint density at radius 2 is 2.00 bits per heavy atom. The number of piperidine rings is 1. The summed E-state index contributed by atoms with van der Waals surface area (Å²) < 4.78 is 0. The number of anilines is 1. The van der Waals surface area contributed by atoms with Gasteiger partial charge in [-0.25, -0.2) is 15.9 Å². The summed E-state index contributed by atoms with van der Waals surface area (Å²) >= 11 is 0. The number of hydrogen-bond acceptors (Lipinski definition) is 6. The van der Waals surface area contributed by atoms with E-state index in [1.54, 1.807) is 12.4 Å². The lowest BCUT2D eigenvalue weighted by Crippen LogP contribution is -2.44. The van der Waals surface area contributed by atoms with Crippen molar-refractivity contribution in [2.45, 2.75) is 25.3 Å². The molecule has 0 bridgehead atoms. The molecule has 1 spiro atoms. The molecule has 1 aliphatic heterocycles. The van der Waals surface area contributed by atoms with E-state index in [0.29, 0.717) is 5.69 Å². The van der Waals surface area contributed by atoms with Crippen molar-refractivity contribution >= 4 is 5.82 Å². The Morgan fingerprint density at radius 3 is 2.69 bits per heavy atom. The van der Waals surface area contributed by atoms with Crippen LogP contribution in [0.3, 0.4) is 0 Å². The van der Waals surface area contributed by atoms with Gasteiger partial charge in [0.2, 0.25) is 0 Å².